The maximum Gasteiger partial charge on any atom is 0.342 e. The second-order valence-corrected chi connectivity index (χ2v) is 4.89. The van der Waals surface area contributed by atoms with Crippen molar-refractivity contribution in [2.75, 3.05) is 39.0 Å². The van der Waals surface area contributed by atoms with Crippen LogP contribution in [-0.2, 0) is 4.74 Å². The summed E-state index contributed by atoms with van der Waals surface area (Å²) in [5, 5.41) is 9.63. The molecular formula is C14H23IN2O3. The Hall–Kier alpha value is -1.02. The molecule has 0 aliphatic heterocycles. The summed E-state index contributed by atoms with van der Waals surface area (Å²) in [6.07, 6.45) is 0. The molecule has 1 aromatic carbocycles. The van der Waals surface area contributed by atoms with Crippen molar-refractivity contribution in [2.24, 2.45) is 0 Å². The van der Waals surface area contributed by atoms with E-state index in [-0.39, 0.29) is 35.3 Å². The maximum atomic E-state index is 11.8. The zero-order chi connectivity index (χ0) is 14.5. The van der Waals surface area contributed by atoms with E-state index in [2.05, 4.69) is 20.9 Å². The molecule has 0 amide bonds. The fraction of sp³-hybridized carbons (Fsp3) is 0.500. The van der Waals surface area contributed by atoms with E-state index in [9.17, 15) is 9.90 Å². The van der Waals surface area contributed by atoms with Gasteiger partial charge in [-0.1, -0.05) is 0 Å². The van der Waals surface area contributed by atoms with Crippen LogP contribution in [0.5, 0.6) is 5.75 Å². The number of benzene rings is 1. The van der Waals surface area contributed by atoms with Crippen LogP contribution in [0.4, 0.5) is 5.69 Å². The molecule has 5 nitrogen and oxygen atoms in total. The molecule has 3 N–H and O–H groups in total. The molecule has 0 radical (unpaired) electrons. The van der Waals surface area contributed by atoms with Crippen LogP contribution in [0.25, 0.3) is 0 Å². The van der Waals surface area contributed by atoms with Gasteiger partial charge < -0.3 is 44.0 Å². The minimum Gasteiger partial charge on any atom is -1.00 e. The normalized spacial score (nSPS) is 10.8. The summed E-state index contributed by atoms with van der Waals surface area (Å²) in [6.45, 7) is 7.28. The van der Waals surface area contributed by atoms with Crippen molar-refractivity contribution in [2.45, 2.75) is 13.8 Å². The van der Waals surface area contributed by atoms with Gasteiger partial charge in [0.25, 0.3) is 0 Å². The monoisotopic (exact) mass is 394 g/mol. The summed E-state index contributed by atoms with van der Waals surface area (Å²) in [5.74, 6) is -0.663. The molecule has 0 heterocycles. The minimum absolute atomic E-state index is 0. The number of quaternary nitrogens is 1. The first-order chi connectivity index (χ1) is 8.91. The summed E-state index contributed by atoms with van der Waals surface area (Å²) in [4.78, 5) is 11.8. The zero-order valence-electron chi connectivity index (χ0n) is 12.2. The molecule has 0 aliphatic carbocycles. The molecule has 0 atom stereocenters. The number of nitrogens with two attached hydrogens (primary N) is 1. The quantitative estimate of drug-likeness (QED) is 0.270. The Balaban J connectivity index is 0.00000361. The molecule has 0 fully saturated rings. The standard InChI is InChI=1S/C14H22N2O3.HI/c1-4-16(3,5-2)8-9-19-14(18)12-7-6-11(15)10-13(12)17;/h6-7,10H,4-5,8-9H2,1-3H3,(H2-,15,17,18);1H. The van der Waals surface area contributed by atoms with Gasteiger partial charge in [-0.05, 0) is 26.0 Å². The first-order valence-electron chi connectivity index (χ1n) is 6.51. The molecule has 0 aromatic heterocycles. The average molecular weight is 394 g/mol. The first-order valence-corrected chi connectivity index (χ1v) is 6.51. The fourth-order valence-corrected chi connectivity index (χ4v) is 1.70. The van der Waals surface area contributed by atoms with Crippen molar-refractivity contribution in [3.8, 4) is 5.75 Å². The Bertz CT molecular complexity index is 448. The minimum atomic E-state index is -0.517. The Morgan fingerprint density at radius 1 is 1.35 bits per heavy atom. The lowest BCUT2D eigenvalue weighted by Crippen LogP contribution is -3.00. The third kappa shape index (κ3) is 5.16. The predicted octanol–water partition coefficient (Wildman–Crippen LogP) is -1.38. The number of aromatic hydroxyl groups is 1. The molecule has 20 heavy (non-hydrogen) atoms. The number of carbonyl (C=O) groups excluding carboxylic acids is 1. The molecule has 6 heteroatoms. The highest BCUT2D eigenvalue weighted by molar-refractivity contribution is 5.92. The lowest BCUT2D eigenvalue weighted by atomic mass is 10.2. The molecular weight excluding hydrogens is 371 g/mol. The molecule has 114 valence electrons. The number of carbonyl (C=O) groups is 1. The van der Waals surface area contributed by atoms with Gasteiger partial charge in [0.15, 0.2) is 0 Å². The van der Waals surface area contributed by atoms with Gasteiger partial charge in [-0.2, -0.15) is 0 Å². The lowest BCUT2D eigenvalue weighted by Gasteiger charge is -2.31. The molecule has 0 bridgehead atoms. The number of phenolic OH excluding ortho intramolecular Hbond substituents is 1. The van der Waals surface area contributed by atoms with E-state index in [1.807, 2.05) is 0 Å². The van der Waals surface area contributed by atoms with Gasteiger partial charge in [0.05, 0.1) is 20.1 Å². The van der Waals surface area contributed by atoms with Crippen LogP contribution in [0, 0.1) is 0 Å². The number of hydrogen-bond donors (Lipinski definition) is 2. The van der Waals surface area contributed by atoms with Crippen LogP contribution in [0.3, 0.4) is 0 Å². The van der Waals surface area contributed by atoms with E-state index in [0.717, 1.165) is 24.1 Å². The number of nitrogens with zero attached hydrogens (tertiary/aromatic N) is 1. The van der Waals surface area contributed by atoms with Crippen LogP contribution < -0.4 is 29.7 Å². The number of phenols is 1. The SMILES string of the molecule is CC[N+](C)(CC)CCOC(=O)c1ccc(N)cc1O.[I-]. The van der Waals surface area contributed by atoms with E-state index < -0.39 is 5.97 Å². The van der Waals surface area contributed by atoms with Crippen LogP contribution in [0.15, 0.2) is 18.2 Å². The third-order valence-electron chi connectivity index (χ3n) is 3.63. The van der Waals surface area contributed by atoms with Crippen LogP contribution in [-0.4, -0.2) is 48.8 Å². The molecule has 1 rings (SSSR count). The summed E-state index contributed by atoms with van der Waals surface area (Å²) in [7, 11) is 2.12. The number of halogens is 1. The summed E-state index contributed by atoms with van der Waals surface area (Å²) < 4.78 is 6.04. The number of esters is 1. The smallest absolute Gasteiger partial charge is 0.342 e. The van der Waals surface area contributed by atoms with Gasteiger partial charge >= 0.3 is 5.97 Å². The molecule has 0 spiro atoms. The van der Waals surface area contributed by atoms with E-state index >= 15 is 0 Å². The summed E-state index contributed by atoms with van der Waals surface area (Å²) in [6, 6.07) is 4.38. The van der Waals surface area contributed by atoms with Gasteiger partial charge in [-0.3, -0.25) is 0 Å². The van der Waals surface area contributed by atoms with Crippen LogP contribution >= 0.6 is 0 Å². The van der Waals surface area contributed by atoms with Crippen molar-refractivity contribution in [3.63, 3.8) is 0 Å². The second-order valence-electron chi connectivity index (χ2n) is 4.89. The van der Waals surface area contributed by atoms with Gasteiger partial charge in [0.2, 0.25) is 0 Å². The first kappa shape index (κ1) is 19.0. The molecule has 0 aliphatic rings. The number of nitrogen functional groups attached to an aromatic ring is 1. The van der Waals surface area contributed by atoms with Crippen molar-refractivity contribution < 1.29 is 43.1 Å². The van der Waals surface area contributed by atoms with Crippen LogP contribution in [0.1, 0.15) is 24.2 Å². The highest BCUT2D eigenvalue weighted by Crippen LogP contribution is 2.20. The van der Waals surface area contributed by atoms with Crippen molar-refractivity contribution >= 4 is 11.7 Å². The van der Waals surface area contributed by atoms with Gasteiger partial charge in [-0.15, -0.1) is 0 Å². The number of rotatable bonds is 6. The highest BCUT2D eigenvalue weighted by atomic mass is 127. The van der Waals surface area contributed by atoms with Crippen LogP contribution in [0.2, 0.25) is 0 Å². The molecule has 0 saturated carbocycles. The lowest BCUT2D eigenvalue weighted by molar-refractivity contribution is -0.906. The third-order valence-corrected chi connectivity index (χ3v) is 3.63. The number of ether oxygens (including phenoxy) is 1. The second kappa shape index (κ2) is 8.31. The van der Waals surface area contributed by atoms with E-state index in [1.54, 1.807) is 6.07 Å². The highest BCUT2D eigenvalue weighted by Gasteiger charge is 2.18. The fourth-order valence-electron chi connectivity index (χ4n) is 1.70. The van der Waals surface area contributed by atoms with E-state index in [1.165, 1.54) is 12.1 Å². The number of anilines is 1. The summed E-state index contributed by atoms with van der Waals surface area (Å²) >= 11 is 0. The Labute approximate surface area is 137 Å². The Morgan fingerprint density at radius 3 is 2.45 bits per heavy atom. The van der Waals surface area contributed by atoms with Gasteiger partial charge in [0.1, 0.15) is 24.5 Å². The maximum absolute atomic E-state index is 11.8. The van der Waals surface area contributed by atoms with E-state index in [0.29, 0.717) is 12.3 Å². The number of hydrogen-bond acceptors (Lipinski definition) is 4. The average Bonchev–Trinajstić information content (AvgIpc) is 2.38. The number of likely N-dealkylation sites (N-methyl/N-ethyl adjacent to an activating group) is 1. The Morgan fingerprint density at radius 2 is 1.95 bits per heavy atom. The van der Waals surface area contributed by atoms with Crippen molar-refractivity contribution in [1.29, 1.82) is 0 Å². The van der Waals surface area contributed by atoms with Gasteiger partial charge in [-0.25, -0.2) is 4.79 Å². The topological polar surface area (TPSA) is 72.5 Å². The molecule has 0 unspecified atom stereocenters. The molecule has 0 saturated heterocycles. The summed E-state index contributed by atoms with van der Waals surface area (Å²) in [5.41, 5.74) is 6.07. The van der Waals surface area contributed by atoms with Gasteiger partial charge in [0, 0.05) is 11.8 Å². The molecule has 1 aromatic rings. The Kier molecular flexibility index (Phi) is 7.88. The van der Waals surface area contributed by atoms with Crippen molar-refractivity contribution in [3.05, 3.63) is 23.8 Å². The largest absolute Gasteiger partial charge is 1.00 e. The predicted molar refractivity (Wildman–Crippen MR) is 74.9 cm³/mol. The zero-order valence-corrected chi connectivity index (χ0v) is 14.4. The van der Waals surface area contributed by atoms with Crippen molar-refractivity contribution in [1.82, 2.24) is 0 Å². The van der Waals surface area contributed by atoms with E-state index in [4.69, 9.17) is 10.5 Å².